The molecule has 0 spiro atoms. The van der Waals surface area contributed by atoms with Crippen LogP contribution in [0.4, 0.5) is 0 Å². The number of carbonyl (C=O) groups excluding carboxylic acids is 2. The van der Waals surface area contributed by atoms with Gasteiger partial charge in [-0.3, -0.25) is 9.59 Å². The van der Waals surface area contributed by atoms with E-state index in [1.54, 1.807) is 20.8 Å². The fraction of sp³-hybridized carbons (Fsp3) is 0.500. The van der Waals surface area contributed by atoms with Gasteiger partial charge in [0.1, 0.15) is 0 Å². The fourth-order valence-corrected chi connectivity index (χ4v) is 3.00. The van der Waals surface area contributed by atoms with Gasteiger partial charge in [0.15, 0.2) is 5.41 Å². The first-order chi connectivity index (χ1) is 11.5. The van der Waals surface area contributed by atoms with Crippen molar-refractivity contribution in [3.63, 3.8) is 0 Å². The third-order valence-electron chi connectivity index (χ3n) is 4.66. The maximum Gasteiger partial charge on any atom is 0.323 e. The van der Waals surface area contributed by atoms with Crippen LogP contribution in [0.25, 0.3) is 5.57 Å². The lowest BCUT2D eigenvalue weighted by molar-refractivity contribution is -0.173. The van der Waals surface area contributed by atoms with Crippen molar-refractivity contribution in [2.24, 2.45) is 11.3 Å². The van der Waals surface area contributed by atoms with Crippen LogP contribution in [0.5, 0.6) is 0 Å². The second-order valence-corrected chi connectivity index (χ2v) is 6.25. The topological polar surface area (TPSA) is 52.6 Å². The molecule has 1 aliphatic rings. The fourth-order valence-electron chi connectivity index (χ4n) is 3.00. The van der Waals surface area contributed by atoms with Gasteiger partial charge < -0.3 is 9.47 Å². The van der Waals surface area contributed by atoms with Crippen LogP contribution in [0, 0.1) is 11.3 Å². The van der Waals surface area contributed by atoms with Crippen molar-refractivity contribution in [3.8, 4) is 0 Å². The molecule has 0 aliphatic heterocycles. The minimum atomic E-state index is -1.35. The first-order valence-electron chi connectivity index (χ1n) is 8.58. The number of ether oxygens (including phenoxy) is 2. The first kappa shape index (κ1) is 18.2. The van der Waals surface area contributed by atoms with Gasteiger partial charge in [-0.05, 0) is 44.7 Å². The minimum Gasteiger partial charge on any atom is -0.465 e. The normalized spacial score (nSPS) is 14.8. The standard InChI is InChI=1S/C20H26O4/c1-5-23-18(21)20(4,19(22)24-6-2)14(3)17(16-12-13-16)15-10-8-7-9-11-15/h7-11,14H,5-6,12-13H2,1-4H3. The quantitative estimate of drug-likeness (QED) is 0.560. The predicted octanol–water partition coefficient (Wildman–Crippen LogP) is 4.00. The van der Waals surface area contributed by atoms with E-state index >= 15 is 0 Å². The number of benzene rings is 1. The molecule has 1 aliphatic carbocycles. The Hall–Kier alpha value is -2.10. The summed E-state index contributed by atoms with van der Waals surface area (Å²) in [6.07, 6.45) is 2.02. The summed E-state index contributed by atoms with van der Waals surface area (Å²) in [6, 6.07) is 9.94. The number of rotatable bonds is 7. The molecule has 1 atom stereocenters. The summed E-state index contributed by atoms with van der Waals surface area (Å²) in [7, 11) is 0. The second kappa shape index (κ2) is 7.65. The molecule has 4 heteroatoms. The second-order valence-electron chi connectivity index (χ2n) is 6.25. The maximum atomic E-state index is 12.7. The average molecular weight is 330 g/mol. The number of allylic oxidation sites excluding steroid dienone is 2. The summed E-state index contributed by atoms with van der Waals surface area (Å²) in [6.45, 7) is 7.51. The zero-order chi connectivity index (χ0) is 17.7. The van der Waals surface area contributed by atoms with Crippen molar-refractivity contribution in [2.45, 2.75) is 40.5 Å². The van der Waals surface area contributed by atoms with Crippen molar-refractivity contribution in [1.82, 2.24) is 0 Å². The Kier molecular flexibility index (Phi) is 5.81. The van der Waals surface area contributed by atoms with Crippen LogP contribution in [0.15, 0.2) is 35.9 Å². The SMILES string of the molecule is CCOC(=O)C(C)(C(=O)OCC)C(C)C(=C1CC1)c1ccccc1. The Morgan fingerprint density at radius 2 is 1.54 bits per heavy atom. The summed E-state index contributed by atoms with van der Waals surface area (Å²) in [4.78, 5) is 25.3. The highest BCUT2D eigenvalue weighted by molar-refractivity contribution is 6.02. The molecule has 130 valence electrons. The van der Waals surface area contributed by atoms with Crippen molar-refractivity contribution < 1.29 is 19.1 Å². The zero-order valence-corrected chi connectivity index (χ0v) is 14.9. The average Bonchev–Trinajstić information content (AvgIpc) is 3.40. The summed E-state index contributed by atoms with van der Waals surface area (Å²) in [5, 5.41) is 0. The van der Waals surface area contributed by atoms with Crippen molar-refractivity contribution in [3.05, 3.63) is 41.5 Å². The molecule has 0 aromatic heterocycles. The lowest BCUT2D eigenvalue weighted by Crippen LogP contribution is -2.45. The largest absolute Gasteiger partial charge is 0.465 e. The van der Waals surface area contributed by atoms with Gasteiger partial charge in [0.25, 0.3) is 0 Å². The highest BCUT2D eigenvalue weighted by Gasteiger charge is 2.51. The van der Waals surface area contributed by atoms with E-state index in [2.05, 4.69) is 0 Å². The van der Waals surface area contributed by atoms with Crippen LogP contribution in [0.3, 0.4) is 0 Å². The maximum absolute atomic E-state index is 12.7. The van der Waals surface area contributed by atoms with Crippen LogP contribution < -0.4 is 0 Å². The van der Waals surface area contributed by atoms with Gasteiger partial charge in [-0.15, -0.1) is 0 Å². The van der Waals surface area contributed by atoms with Gasteiger partial charge in [0.2, 0.25) is 0 Å². The van der Waals surface area contributed by atoms with E-state index in [1.165, 1.54) is 5.57 Å². The Balaban J connectivity index is 2.47. The summed E-state index contributed by atoms with van der Waals surface area (Å²) in [5.74, 6) is -1.37. The van der Waals surface area contributed by atoms with E-state index in [1.807, 2.05) is 37.3 Å². The molecule has 0 radical (unpaired) electrons. The number of hydrogen-bond acceptors (Lipinski definition) is 4. The molecule has 1 aromatic rings. The van der Waals surface area contributed by atoms with Gasteiger partial charge >= 0.3 is 11.9 Å². The van der Waals surface area contributed by atoms with Crippen LogP contribution in [-0.4, -0.2) is 25.2 Å². The Bertz CT molecular complexity index is 606. The van der Waals surface area contributed by atoms with E-state index in [0.717, 1.165) is 24.0 Å². The third-order valence-corrected chi connectivity index (χ3v) is 4.66. The molecule has 1 fully saturated rings. The summed E-state index contributed by atoms with van der Waals surface area (Å²) < 4.78 is 10.4. The summed E-state index contributed by atoms with van der Waals surface area (Å²) >= 11 is 0. The highest BCUT2D eigenvalue weighted by Crippen LogP contribution is 2.47. The molecular formula is C20H26O4. The zero-order valence-electron chi connectivity index (χ0n) is 14.9. The first-order valence-corrected chi connectivity index (χ1v) is 8.58. The molecular weight excluding hydrogens is 304 g/mol. The van der Waals surface area contributed by atoms with E-state index in [4.69, 9.17) is 9.47 Å². The molecule has 2 rings (SSSR count). The van der Waals surface area contributed by atoms with Crippen LogP contribution in [0.1, 0.15) is 46.1 Å². The van der Waals surface area contributed by atoms with E-state index in [9.17, 15) is 9.59 Å². The van der Waals surface area contributed by atoms with E-state index in [-0.39, 0.29) is 19.1 Å². The molecule has 0 N–H and O–H groups in total. The van der Waals surface area contributed by atoms with Crippen molar-refractivity contribution >= 4 is 17.5 Å². The van der Waals surface area contributed by atoms with Crippen molar-refractivity contribution in [1.29, 1.82) is 0 Å². The molecule has 0 bridgehead atoms. The number of hydrogen-bond donors (Lipinski definition) is 0. The van der Waals surface area contributed by atoms with Gasteiger partial charge in [0.05, 0.1) is 13.2 Å². The third kappa shape index (κ3) is 3.53. The summed E-state index contributed by atoms with van der Waals surface area (Å²) in [5.41, 5.74) is 2.07. The molecule has 4 nitrogen and oxygen atoms in total. The molecule has 0 amide bonds. The predicted molar refractivity (Wildman–Crippen MR) is 93.1 cm³/mol. The highest BCUT2D eigenvalue weighted by atomic mass is 16.6. The lowest BCUT2D eigenvalue weighted by atomic mass is 9.72. The van der Waals surface area contributed by atoms with Crippen molar-refractivity contribution in [2.75, 3.05) is 13.2 Å². The van der Waals surface area contributed by atoms with Gasteiger partial charge in [-0.1, -0.05) is 42.8 Å². The number of carbonyl (C=O) groups is 2. The van der Waals surface area contributed by atoms with Gasteiger partial charge in [-0.2, -0.15) is 0 Å². The Morgan fingerprint density at radius 3 is 1.96 bits per heavy atom. The molecule has 0 saturated heterocycles. The molecule has 0 heterocycles. The van der Waals surface area contributed by atoms with Gasteiger partial charge in [-0.25, -0.2) is 0 Å². The Morgan fingerprint density at radius 1 is 1.04 bits per heavy atom. The molecule has 24 heavy (non-hydrogen) atoms. The van der Waals surface area contributed by atoms with Crippen LogP contribution >= 0.6 is 0 Å². The number of esters is 2. The minimum absolute atomic E-state index is 0.234. The molecule has 1 unspecified atom stereocenters. The monoisotopic (exact) mass is 330 g/mol. The van der Waals surface area contributed by atoms with E-state index in [0.29, 0.717) is 0 Å². The lowest BCUT2D eigenvalue weighted by Gasteiger charge is -2.33. The smallest absolute Gasteiger partial charge is 0.323 e. The van der Waals surface area contributed by atoms with E-state index < -0.39 is 17.4 Å². The van der Waals surface area contributed by atoms with Gasteiger partial charge in [0, 0.05) is 5.92 Å². The van der Waals surface area contributed by atoms with Crippen LogP contribution in [-0.2, 0) is 19.1 Å². The Labute approximate surface area is 143 Å². The molecule has 1 aromatic carbocycles. The molecule has 1 saturated carbocycles. The van der Waals surface area contributed by atoms with Crippen LogP contribution in [0.2, 0.25) is 0 Å².